The Bertz CT molecular complexity index is 349. The van der Waals surface area contributed by atoms with E-state index in [1.54, 1.807) is 6.20 Å². The van der Waals surface area contributed by atoms with Gasteiger partial charge in [-0.2, -0.15) is 0 Å². The number of hydrogen-bond acceptors (Lipinski definition) is 3. The van der Waals surface area contributed by atoms with Crippen LogP contribution in [0.2, 0.25) is 38.3 Å². The summed E-state index contributed by atoms with van der Waals surface area (Å²) in [5.74, 6) is 1.12. The van der Waals surface area contributed by atoms with Gasteiger partial charge in [0.1, 0.15) is 22.3 Å². The highest BCUT2D eigenvalue weighted by Gasteiger charge is 2.44. The predicted molar refractivity (Wildman–Crippen MR) is 73.7 cm³/mol. The van der Waals surface area contributed by atoms with Gasteiger partial charge in [-0.05, 0) is 12.1 Å². The smallest absolute Gasteiger partial charge is 0.143 e. The molecule has 2 rings (SSSR count). The van der Waals surface area contributed by atoms with E-state index in [2.05, 4.69) is 40.4 Å². The Labute approximate surface area is 100 Å². The topological polar surface area (TPSA) is 29.0 Å². The quantitative estimate of drug-likeness (QED) is 0.718. The third-order valence-electron chi connectivity index (χ3n) is 3.57. The first-order valence-corrected chi connectivity index (χ1v) is 12.3. The van der Waals surface area contributed by atoms with Crippen molar-refractivity contribution >= 4 is 22.3 Å². The molecule has 0 spiro atoms. The fraction of sp³-hybridized carbons (Fsp3) is 0.636. The first-order chi connectivity index (χ1) is 7.43. The molecule has 0 radical (unpaired) electrons. The van der Waals surface area contributed by atoms with Gasteiger partial charge in [0.05, 0.1) is 6.20 Å². The molecule has 2 heterocycles. The van der Waals surface area contributed by atoms with E-state index in [0.717, 1.165) is 5.82 Å². The van der Waals surface area contributed by atoms with Crippen molar-refractivity contribution in [3.8, 4) is 0 Å². The third-order valence-corrected chi connectivity index (χ3v) is 13.2. The minimum atomic E-state index is -1.30. The van der Waals surface area contributed by atoms with E-state index in [0.29, 0.717) is 0 Å². The molecule has 1 aliphatic rings. The molecule has 0 N–H and O–H groups in total. The van der Waals surface area contributed by atoms with Crippen LogP contribution in [0.3, 0.4) is 0 Å². The van der Waals surface area contributed by atoms with Gasteiger partial charge in [-0.1, -0.05) is 32.6 Å². The van der Waals surface area contributed by atoms with E-state index in [1.807, 2.05) is 12.4 Å². The van der Waals surface area contributed by atoms with Crippen LogP contribution in [0, 0.1) is 0 Å². The van der Waals surface area contributed by atoms with Crippen LogP contribution in [0.25, 0.3) is 0 Å². The van der Waals surface area contributed by atoms with Gasteiger partial charge < -0.3 is 4.23 Å². The van der Waals surface area contributed by atoms with E-state index < -0.39 is 16.5 Å². The molecule has 0 saturated carbocycles. The lowest BCUT2D eigenvalue weighted by molar-refractivity contribution is 0.949. The van der Waals surface area contributed by atoms with E-state index in [9.17, 15) is 0 Å². The van der Waals surface area contributed by atoms with Gasteiger partial charge in [-0.15, -0.1) is 0 Å². The largest absolute Gasteiger partial charge is 0.408 e. The number of aromatic nitrogens is 2. The number of hydrogen-bond donors (Lipinski definition) is 0. The number of anilines is 1. The maximum atomic E-state index is 4.53. The summed E-state index contributed by atoms with van der Waals surface area (Å²) in [7, 11) is -2.61. The van der Waals surface area contributed by atoms with Crippen LogP contribution in [0.4, 0.5) is 5.82 Å². The summed E-state index contributed by atoms with van der Waals surface area (Å²) in [6.07, 6.45) is 6.93. The van der Waals surface area contributed by atoms with Crippen LogP contribution in [-0.4, -0.2) is 26.4 Å². The van der Waals surface area contributed by atoms with Crippen LogP contribution < -0.4 is 4.23 Å². The Morgan fingerprint density at radius 3 is 2.19 bits per heavy atom. The lowest BCUT2D eigenvalue weighted by Gasteiger charge is -2.51. The maximum Gasteiger partial charge on any atom is 0.143 e. The molecule has 0 atom stereocenters. The molecule has 0 aliphatic carbocycles. The van der Waals surface area contributed by atoms with Crippen LogP contribution in [0.1, 0.15) is 6.42 Å². The lowest BCUT2D eigenvalue weighted by atomic mass is 10.6. The fourth-order valence-corrected chi connectivity index (χ4v) is 14.6. The van der Waals surface area contributed by atoms with Crippen LogP contribution >= 0.6 is 0 Å². The second kappa shape index (κ2) is 3.96. The van der Waals surface area contributed by atoms with Gasteiger partial charge in [0.25, 0.3) is 0 Å². The van der Waals surface area contributed by atoms with Crippen molar-refractivity contribution in [3.63, 3.8) is 0 Å². The SMILES string of the molecule is C[Si]1(C)CCC[Si](C)(C)N1c1cnccn1. The molecular weight excluding hydrogens is 230 g/mol. The van der Waals surface area contributed by atoms with Gasteiger partial charge in [-0.3, -0.25) is 4.98 Å². The van der Waals surface area contributed by atoms with Crippen molar-refractivity contribution in [3.05, 3.63) is 18.6 Å². The first-order valence-electron chi connectivity index (χ1n) is 6.00. The summed E-state index contributed by atoms with van der Waals surface area (Å²) in [6, 6.07) is 2.78. The summed E-state index contributed by atoms with van der Waals surface area (Å²) < 4.78 is 2.70. The molecule has 0 aromatic carbocycles. The molecule has 0 bridgehead atoms. The summed E-state index contributed by atoms with van der Waals surface area (Å²) in [4.78, 5) is 8.76. The highest BCUT2D eigenvalue weighted by molar-refractivity contribution is 7.01. The van der Waals surface area contributed by atoms with Crippen molar-refractivity contribution in [2.24, 2.45) is 0 Å². The third kappa shape index (κ3) is 2.06. The van der Waals surface area contributed by atoms with Gasteiger partial charge in [0, 0.05) is 12.4 Å². The molecule has 1 aliphatic heterocycles. The van der Waals surface area contributed by atoms with Gasteiger partial charge >= 0.3 is 0 Å². The summed E-state index contributed by atoms with van der Waals surface area (Å²) in [6.45, 7) is 9.87. The van der Waals surface area contributed by atoms with Crippen molar-refractivity contribution in [2.75, 3.05) is 4.23 Å². The van der Waals surface area contributed by atoms with E-state index in [1.165, 1.54) is 18.5 Å². The molecule has 5 heteroatoms. The average molecular weight is 251 g/mol. The van der Waals surface area contributed by atoms with Gasteiger partial charge in [0.15, 0.2) is 0 Å². The van der Waals surface area contributed by atoms with Crippen molar-refractivity contribution in [2.45, 2.75) is 44.7 Å². The zero-order valence-corrected chi connectivity index (χ0v) is 12.7. The fourth-order valence-electron chi connectivity index (χ4n) is 3.02. The van der Waals surface area contributed by atoms with Crippen molar-refractivity contribution in [1.82, 2.24) is 9.97 Å². The highest BCUT2D eigenvalue weighted by atomic mass is 28.4. The second-order valence-electron chi connectivity index (χ2n) is 5.88. The van der Waals surface area contributed by atoms with Gasteiger partial charge in [0.2, 0.25) is 0 Å². The van der Waals surface area contributed by atoms with E-state index >= 15 is 0 Å². The predicted octanol–water partition coefficient (Wildman–Crippen LogP) is 3.10. The van der Waals surface area contributed by atoms with Crippen molar-refractivity contribution in [1.29, 1.82) is 0 Å². The Balaban J connectivity index is 2.41. The minimum absolute atomic E-state index is 1.12. The molecule has 0 amide bonds. The molecule has 0 unspecified atom stereocenters. The first kappa shape index (κ1) is 11.8. The summed E-state index contributed by atoms with van der Waals surface area (Å²) >= 11 is 0. The monoisotopic (exact) mass is 251 g/mol. The summed E-state index contributed by atoms with van der Waals surface area (Å²) in [5.41, 5.74) is 0. The average Bonchev–Trinajstić information content (AvgIpc) is 2.16. The second-order valence-corrected chi connectivity index (χ2v) is 15.5. The molecule has 16 heavy (non-hydrogen) atoms. The Morgan fingerprint density at radius 2 is 1.69 bits per heavy atom. The zero-order chi connectivity index (χ0) is 11.8. The number of nitrogens with zero attached hydrogens (tertiary/aromatic N) is 3. The van der Waals surface area contributed by atoms with Crippen LogP contribution in [-0.2, 0) is 0 Å². The van der Waals surface area contributed by atoms with Crippen LogP contribution in [0.5, 0.6) is 0 Å². The number of rotatable bonds is 1. The molecule has 1 aromatic rings. The van der Waals surface area contributed by atoms with Crippen LogP contribution in [0.15, 0.2) is 18.6 Å². The lowest BCUT2D eigenvalue weighted by Crippen LogP contribution is -2.65. The highest BCUT2D eigenvalue weighted by Crippen LogP contribution is 2.37. The molecule has 3 nitrogen and oxygen atoms in total. The summed E-state index contributed by atoms with van der Waals surface area (Å²) in [5, 5.41) is 0. The van der Waals surface area contributed by atoms with E-state index in [4.69, 9.17) is 0 Å². The zero-order valence-electron chi connectivity index (χ0n) is 10.7. The Kier molecular flexibility index (Phi) is 2.92. The maximum absolute atomic E-state index is 4.53. The molecule has 1 fully saturated rings. The molecule has 1 aromatic heterocycles. The molecule has 88 valence electrons. The van der Waals surface area contributed by atoms with E-state index in [-0.39, 0.29) is 0 Å². The standard InChI is InChI=1S/C11H21N3Si2/c1-15(2)8-5-9-16(3,4)14(15)11-10-12-6-7-13-11/h6-7,10H,5,8-9H2,1-4H3. The normalized spacial score (nSPS) is 23.1. The van der Waals surface area contributed by atoms with Gasteiger partial charge in [-0.25, -0.2) is 4.98 Å². The Hall–Kier alpha value is -0.686. The molecular formula is C11H21N3Si2. The van der Waals surface area contributed by atoms with Crippen molar-refractivity contribution < 1.29 is 0 Å². The molecule has 1 saturated heterocycles. The Morgan fingerprint density at radius 1 is 1.06 bits per heavy atom. The minimum Gasteiger partial charge on any atom is -0.408 e.